The van der Waals surface area contributed by atoms with Gasteiger partial charge < -0.3 is 10.2 Å². The number of hydrogen-bond acceptors (Lipinski definition) is 3. The van der Waals surface area contributed by atoms with Gasteiger partial charge in [-0.1, -0.05) is 37.5 Å². The predicted octanol–water partition coefficient (Wildman–Crippen LogP) is 4.54. The lowest BCUT2D eigenvalue weighted by atomic mass is 9.94. The third-order valence-corrected chi connectivity index (χ3v) is 7.22. The molecule has 0 unspecified atom stereocenters. The molecule has 3 aliphatic rings. The van der Waals surface area contributed by atoms with E-state index in [1.165, 1.54) is 70.0 Å². The lowest BCUT2D eigenvalue weighted by Crippen LogP contribution is -2.50. The Morgan fingerprint density at radius 2 is 1.76 bits per heavy atom. The van der Waals surface area contributed by atoms with Crippen LogP contribution in [0.1, 0.15) is 63.4 Å². The summed E-state index contributed by atoms with van der Waals surface area (Å²) in [6.07, 6.45) is 11.6. The van der Waals surface area contributed by atoms with Crippen LogP contribution in [0.4, 0.5) is 10.5 Å². The van der Waals surface area contributed by atoms with Gasteiger partial charge in [-0.15, -0.1) is 0 Å². The minimum absolute atomic E-state index is 0.0710. The third kappa shape index (κ3) is 5.32. The fourth-order valence-electron chi connectivity index (χ4n) is 5.44. The highest BCUT2D eigenvalue weighted by atomic mass is 16.2. The summed E-state index contributed by atoms with van der Waals surface area (Å²) in [4.78, 5) is 20.2. The van der Waals surface area contributed by atoms with Crippen molar-refractivity contribution in [3.63, 3.8) is 0 Å². The van der Waals surface area contributed by atoms with Gasteiger partial charge >= 0.3 is 6.03 Å². The lowest BCUT2D eigenvalue weighted by Gasteiger charge is -2.37. The van der Waals surface area contributed by atoms with E-state index in [1.807, 2.05) is 11.0 Å². The van der Waals surface area contributed by atoms with Crippen LogP contribution in [0.15, 0.2) is 24.3 Å². The normalized spacial score (nSPS) is 24.2. The summed E-state index contributed by atoms with van der Waals surface area (Å²) in [5.74, 6) is 0. The number of nitrogens with zero attached hydrogens (tertiary/aromatic N) is 3. The zero-order chi connectivity index (χ0) is 20.1. The Morgan fingerprint density at radius 3 is 2.55 bits per heavy atom. The highest BCUT2D eigenvalue weighted by molar-refractivity contribution is 5.90. The molecule has 160 valence electrons. The van der Waals surface area contributed by atoms with E-state index >= 15 is 0 Å². The van der Waals surface area contributed by atoms with E-state index in [0.717, 1.165) is 31.7 Å². The number of para-hydroxylation sites is 1. The summed E-state index contributed by atoms with van der Waals surface area (Å²) in [6.45, 7) is 5.06. The van der Waals surface area contributed by atoms with Crippen molar-refractivity contribution in [1.29, 1.82) is 0 Å². The molecule has 1 atom stereocenters. The molecule has 1 aromatic carbocycles. The summed E-state index contributed by atoms with van der Waals surface area (Å²) in [5.41, 5.74) is 2.20. The highest BCUT2D eigenvalue weighted by Gasteiger charge is 2.29. The Labute approximate surface area is 176 Å². The third-order valence-electron chi connectivity index (χ3n) is 7.22. The van der Waals surface area contributed by atoms with Gasteiger partial charge in [0.25, 0.3) is 0 Å². The number of nitrogens with one attached hydrogen (secondary N) is 1. The number of rotatable bonds is 5. The largest absolute Gasteiger partial charge is 0.323 e. The number of hydrogen-bond donors (Lipinski definition) is 1. The number of amides is 2. The highest BCUT2D eigenvalue weighted by Crippen LogP contribution is 2.26. The van der Waals surface area contributed by atoms with Crippen molar-refractivity contribution in [3.8, 4) is 0 Å². The Balaban J connectivity index is 1.36. The van der Waals surface area contributed by atoms with E-state index in [-0.39, 0.29) is 6.03 Å². The Kier molecular flexibility index (Phi) is 7.09. The quantitative estimate of drug-likeness (QED) is 0.791. The van der Waals surface area contributed by atoms with Gasteiger partial charge in [-0.25, -0.2) is 4.79 Å². The van der Waals surface area contributed by atoms with Crippen molar-refractivity contribution in [2.75, 3.05) is 38.5 Å². The van der Waals surface area contributed by atoms with Gasteiger partial charge in [0.15, 0.2) is 0 Å². The number of likely N-dealkylation sites (tertiary alicyclic amines) is 2. The van der Waals surface area contributed by atoms with Gasteiger partial charge in [0.2, 0.25) is 0 Å². The molecule has 0 spiro atoms. The molecular formula is C24H38N4O. The maximum Gasteiger partial charge on any atom is 0.321 e. The molecule has 1 N–H and O–H groups in total. The van der Waals surface area contributed by atoms with Crippen LogP contribution in [-0.4, -0.2) is 66.0 Å². The van der Waals surface area contributed by atoms with Crippen molar-refractivity contribution >= 4 is 11.7 Å². The number of benzene rings is 1. The molecule has 29 heavy (non-hydrogen) atoms. The number of piperidine rings is 1. The molecule has 1 aliphatic carbocycles. The molecule has 2 saturated heterocycles. The summed E-state index contributed by atoms with van der Waals surface area (Å²) in [5, 5.41) is 3.24. The summed E-state index contributed by atoms with van der Waals surface area (Å²) >= 11 is 0. The van der Waals surface area contributed by atoms with Crippen LogP contribution in [0.25, 0.3) is 0 Å². The number of carbonyl (C=O) groups is 1. The van der Waals surface area contributed by atoms with Gasteiger partial charge in [-0.3, -0.25) is 9.80 Å². The van der Waals surface area contributed by atoms with Gasteiger partial charge in [0.05, 0.1) is 0 Å². The Bertz CT molecular complexity index is 667. The molecular weight excluding hydrogens is 360 g/mol. The molecule has 0 aromatic heterocycles. The first-order valence-electron chi connectivity index (χ1n) is 11.8. The van der Waals surface area contributed by atoms with Crippen LogP contribution < -0.4 is 5.32 Å². The summed E-state index contributed by atoms with van der Waals surface area (Å²) in [7, 11) is 2.24. The van der Waals surface area contributed by atoms with E-state index in [9.17, 15) is 4.79 Å². The fourth-order valence-corrected chi connectivity index (χ4v) is 5.44. The van der Waals surface area contributed by atoms with Crippen LogP contribution in [0.3, 0.4) is 0 Å². The first-order chi connectivity index (χ1) is 14.2. The molecule has 0 bridgehead atoms. The maximum atomic E-state index is 13.1. The Hall–Kier alpha value is -1.59. The van der Waals surface area contributed by atoms with Crippen LogP contribution in [0.5, 0.6) is 0 Å². The molecule has 0 radical (unpaired) electrons. The molecule has 5 heteroatoms. The van der Waals surface area contributed by atoms with E-state index in [0.29, 0.717) is 12.1 Å². The average Bonchev–Trinajstić information content (AvgIpc) is 3.31. The van der Waals surface area contributed by atoms with Gasteiger partial charge in [0, 0.05) is 37.4 Å². The molecule has 2 heterocycles. The maximum absolute atomic E-state index is 13.1. The molecule has 3 fully saturated rings. The molecule has 2 aliphatic heterocycles. The summed E-state index contributed by atoms with van der Waals surface area (Å²) in [6, 6.07) is 9.64. The number of carbonyl (C=O) groups excluding carboxylic acids is 1. The standard InChI is InChI=1S/C24H38N4O/c1-26(21-11-3-2-4-12-21)18-20-10-5-6-14-23(20)25-24(29)28-17-9-13-22(19-28)27-15-7-8-16-27/h5-6,10,14,21-22H,2-4,7-9,11-13,15-19H2,1H3,(H,25,29)/t22-/m1/s1. The minimum Gasteiger partial charge on any atom is -0.323 e. The first kappa shape index (κ1) is 20.7. The van der Waals surface area contributed by atoms with Crippen molar-refractivity contribution < 1.29 is 4.79 Å². The minimum atomic E-state index is 0.0710. The Morgan fingerprint density at radius 1 is 1.00 bits per heavy atom. The van der Waals surface area contributed by atoms with Crippen molar-refractivity contribution in [2.24, 2.45) is 0 Å². The van der Waals surface area contributed by atoms with Crippen LogP contribution in [0.2, 0.25) is 0 Å². The second-order valence-corrected chi connectivity index (χ2v) is 9.28. The van der Waals surface area contributed by atoms with Gasteiger partial charge in [-0.05, 0) is 70.3 Å². The fraction of sp³-hybridized carbons (Fsp3) is 0.708. The zero-order valence-electron chi connectivity index (χ0n) is 18.1. The van der Waals surface area contributed by atoms with Gasteiger partial charge in [0.1, 0.15) is 0 Å². The SMILES string of the molecule is CN(Cc1ccccc1NC(=O)N1CCC[C@@H](N2CCCC2)C1)C1CCCCC1. The monoisotopic (exact) mass is 398 g/mol. The average molecular weight is 399 g/mol. The molecule has 2 amide bonds. The van der Waals surface area contributed by atoms with E-state index in [4.69, 9.17) is 0 Å². The predicted molar refractivity (Wildman–Crippen MR) is 119 cm³/mol. The van der Waals surface area contributed by atoms with E-state index in [2.05, 4.69) is 40.4 Å². The van der Waals surface area contributed by atoms with Crippen LogP contribution in [0, 0.1) is 0 Å². The van der Waals surface area contributed by atoms with Crippen LogP contribution >= 0.6 is 0 Å². The van der Waals surface area contributed by atoms with E-state index < -0.39 is 0 Å². The van der Waals surface area contributed by atoms with Crippen molar-refractivity contribution in [3.05, 3.63) is 29.8 Å². The van der Waals surface area contributed by atoms with Crippen LogP contribution in [-0.2, 0) is 6.54 Å². The molecule has 4 rings (SSSR count). The second-order valence-electron chi connectivity index (χ2n) is 9.28. The van der Waals surface area contributed by atoms with E-state index in [1.54, 1.807) is 0 Å². The van der Waals surface area contributed by atoms with Gasteiger partial charge in [-0.2, -0.15) is 0 Å². The molecule has 1 aromatic rings. The molecule has 1 saturated carbocycles. The topological polar surface area (TPSA) is 38.8 Å². The number of urea groups is 1. The number of anilines is 1. The van der Waals surface area contributed by atoms with Crippen molar-refractivity contribution in [2.45, 2.75) is 76.4 Å². The zero-order valence-corrected chi connectivity index (χ0v) is 18.1. The smallest absolute Gasteiger partial charge is 0.321 e. The second kappa shape index (κ2) is 9.94. The van der Waals surface area contributed by atoms with Crippen molar-refractivity contribution in [1.82, 2.24) is 14.7 Å². The molecule has 5 nitrogen and oxygen atoms in total. The summed E-state index contributed by atoms with van der Waals surface area (Å²) < 4.78 is 0. The first-order valence-corrected chi connectivity index (χ1v) is 11.8. The lowest BCUT2D eigenvalue weighted by molar-refractivity contribution is 0.131.